The van der Waals surface area contributed by atoms with Crippen LogP contribution in [0.2, 0.25) is 0 Å². The fraction of sp³-hybridized carbons (Fsp3) is 0.538. The Kier molecular flexibility index (Phi) is 5.37. The Balaban J connectivity index is 2.56. The average Bonchev–Trinajstić information content (AvgIpc) is 2.27. The zero-order valence-corrected chi connectivity index (χ0v) is 9.61. The topological polar surface area (TPSA) is 32.3 Å². The summed E-state index contributed by atoms with van der Waals surface area (Å²) < 4.78 is 0. The van der Waals surface area contributed by atoms with E-state index in [9.17, 15) is 5.11 Å². The first-order valence-electron chi connectivity index (χ1n) is 5.65. The molecule has 0 aromatic heterocycles. The van der Waals surface area contributed by atoms with Gasteiger partial charge < -0.3 is 10.4 Å². The van der Waals surface area contributed by atoms with Crippen LogP contribution in [0.4, 0.5) is 0 Å². The molecule has 2 unspecified atom stereocenters. The van der Waals surface area contributed by atoms with Gasteiger partial charge in [0.05, 0.1) is 6.10 Å². The molecule has 84 valence electrons. The van der Waals surface area contributed by atoms with Gasteiger partial charge in [-0.3, -0.25) is 0 Å². The summed E-state index contributed by atoms with van der Waals surface area (Å²) in [5.41, 5.74) is 1.33. The molecule has 0 aliphatic carbocycles. The van der Waals surface area contributed by atoms with Crippen molar-refractivity contribution in [3.05, 3.63) is 35.9 Å². The van der Waals surface area contributed by atoms with Gasteiger partial charge in [0, 0.05) is 6.54 Å². The third-order valence-electron chi connectivity index (χ3n) is 2.76. The van der Waals surface area contributed by atoms with Crippen molar-refractivity contribution in [3.8, 4) is 0 Å². The number of likely N-dealkylation sites (N-methyl/N-ethyl adjacent to an activating group) is 1. The Labute approximate surface area is 92.3 Å². The Bertz CT molecular complexity index is 260. The number of aliphatic hydroxyl groups is 1. The van der Waals surface area contributed by atoms with Crippen LogP contribution in [0.15, 0.2) is 30.3 Å². The third-order valence-corrected chi connectivity index (χ3v) is 2.76. The smallest absolute Gasteiger partial charge is 0.0670 e. The van der Waals surface area contributed by atoms with Crippen LogP contribution in [0.3, 0.4) is 0 Å². The number of aliphatic hydroxyl groups excluding tert-OH is 1. The largest absolute Gasteiger partial charge is 0.392 e. The van der Waals surface area contributed by atoms with Gasteiger partial charge in [-0.1, -0.05) is 37.3 Å². The number of hydrogen-bond acceptors (Lipinski definition) is 2. The van der Waals surface area contributed by atoms with Crippen LogP contribution in [-0.2, 0) is 0 Å². The molecule has 2 nitrogen and oxygen atoms in total. The Hall–Kier alpha value is -0.860. The van der Waals surface area contributed by atoms with Gasteiger partial charge in [-0.05, 0) is 31.4 Å². The Morgan fingerprint density at radius 3 is 2.47 bits per heavy atom. The summed E-state index contributed by atoms with van der Waals surface area (Å²) in [6.07, 6.45) is 1.66. The highest BCUT2D eigenvalue weighted by molar-refractivity contribution is 5.19. The van der Waals surface area contributed by atoms with Crippen LogP contribution in [0, 0.1) is 0 Å². The number of benzene rings is 1. The van der Waals surface area contributed by atoms with Gasteiger partial charge in [0.2, 0.25) is 0 Å². The maximum Gasteiger partial charge on any atom is 0.0670 e. The van der Waals surface area contributed by atoms with Crippen LogP contribution in [0.1, 0.15) is 31.2 Å². The molecule has 0 heterocycles. The Morgan fingerprint density at radius 1 is 1.27 bits per heavy atom. The predicted octanol–water partition coefficient (Wildman–Crippen LogP) is 2.15. The molecule has 0 radical (unpaired) electrons. The molecule has 0 bridgehead atoms. The molecule has 0 saturated heterocycles. The normalized spacial score (nSPS) is 14.9. The van der Waals surface area contributed by atoms with Crippen LogP contribution in [-0.4, -0.2) is 24.8 Å². The lowest BCUT2D eigenvalue weighted by molar-refractivity contribution is 0.154. The number of hydrogen-bond donors (Lipinski definition) is 2. The summed E-state index contributed by atoms with van der Waals surface area (Å²) in [5.74, 6) is 0.467. The zero-order valence-electron chi connectivity index (χ0n) is 9.61. The van der Waals surface area contributed by atoms with Gasteiger partial charge in [-0.2, -0.15) is 0 Å². The summed E-state index contributed by atoms with van der Waals surface area (Å²) in [6, 6.07) is 10.4. The minimum Gasteiger partial charge on any atom is -0.392 e. The molecular formula is C13H21NO. The molecule has 2 atom stereocenters. The van der Waals surface area contributed by atoms with E-state index >= 15 is 0 Å². The van der Waals surface area contributed by atoms with Crippen LogP contribution in [0.5, 0.6) is 0 Å². The van der Waals surface area contributed by atoms with Gasteiger partial charge in [0.1, 0.15) is 0 Å². The molecule has 15 heavy (non-hydrogen) atoms. The van der Waals surface area contributed by atoms with E-state index < -0.39 is 0 Å². The molecule has 1 aromatic rings. The number of nitrogens with one attached hydrogen (secondary N) is 1. The summed E-state index contributed by atoms with van der Waals surface area (Å²) in [4.78, 5) is 0. The molecule has 0 fully saturated rings. The van der Waals surface area contributed by atoms with Gasteiger partial charge in [0.15, 0.2) is 0 Å². The maximum atomic E-state index is 9.75. The monoisotopic (exact) mass is 207 g/mol. The fourth-order valence-corrected chi connectivity index (χ4v) is 1.91. The van der Waals surface area contributed by atoms with Crippen LogP contribution < -0.4 is 5.32 Å². The second kappa shape index (κ2) is 6.59. The van der Waals surface area contributed by atoms with Gasteiger partial charge in [-0.15, -0.1) is 0 Å². The standard InChI is InChI=1S/C13H21NO/c1-3-11(9-13(15)10-14-2)12-7-5-4-6-8-12/h4-8,11,13-15H,3,9-10H2,1-2H3. The highest BCUT2D eigenvalue weighted by Gasteiger charge is 2.13. The van der Waals surface area contributed by atoms with Crippen LogP contribution in [0.25, 0.3) is 0 Å². The molecule has 1 aromatic carbocycles. The average molecular weight is 207 g/mol. The van der Waals surface area contributed by atoms with Crippen molar-refractivity contribution >= 4 is 0 Å². The molecule has 1 rings (SSSR count). The number of rotatable bonds is 6. The lowest BCUT2D eigenvalue weighted by atomic mass is 9.91. The van der Waals surface area contributed by atoms with Gasteiger partial charge >= 0.3 is 0 Å². The molecule has 2 N–H and O–H groups in total. The molecule has 0 aliphatic heterocycles. The van der Waals surface area contributed by atoms with E-state index in [1.807, 2.05) is 13.1 Å². The van der Waals surface area contributed by atoms with E-state index in [1.165, 1.54) is 5.56 Å². The van der Waals surface area contributed by atoms with Crippen molar-refractivity contribution in [2.75, 3.05) is 13.6 Å². The Morgan fingerprint density at radius 2 is 1.93 bits per heavy atom. The zero-order chi connectivity index (χ0) is 11.1. The second-order valence-corrected chi connectivity index (χ2v) is 3.96. The van der Waals surface area contributed by atoms with Crippen molar-refractivity contribution < 1.29 is 5.11 Å². The summed E-state index contributed by atoms with van der Waals surface area (Å²) >= 11 is 0. The van der Waals surface area contributed by atoms with Gasteiger partial charge in [-0.25, -0.2) is 0 Å². The van der Waals surface area contributed by atoms with Crippen molar-refractivity contribution in [3.63, 3.8) is 0 Å². The molecule has 0 saturated carbocycles. The molecule has 2 heteroatoms. The first-order valence-corrected chi connectivity index (χ1v) is 5.65. The molecule has 0 aliphatic rings. The molecule has 0 amide bonds. The molecular weight excluding hydrogens is 186 g/mol. The first kappa shape index (κ1) is 12.2. The lowest BCUT2D eigenvalue weighted by Crippen LogP contribution is -2.25. The third kappa shape index (κ3) is 4.02. The SMILES string of the molecule is CCC(CC(O)CNC)c1ccccc1. The summed E-state index contributed by atoms with van der Waals surface area (Å²) in [6.45, 7) is 2.84. The minimum absolute atomic E-state index is 0.250. The van der Waals surface area contributed by atoms with E-state index in [1.54, 1.807) is 0 Å². The van der Waals surface area contributed by atoms with Crippen LogP contribution >= 0.6 is 0 Å². The summed E-state index contributed by atoms with van der Waals surface area (Å²) in [7, 11) is 1.87. The van der Waals surface area contributed by atoms with Crippen molar-refractivity contribution in [1.29, 1.82) is 0 Å². The highest BCUT2D eigenvalue weighted by Crippen LogP contribution is 2.24. The van der Waals surface area contributed by atoms with Crippen molar-refractivity contribution in [1.82, 2.24) is 5.32 Å². The minimum atomic E-state index is -0.250. The quantitative estimate of drug-likeness (QED) is 0.749. The van der Waals surface area contributed by atoms with E-state index in [0.717, 1.165) is 12.8 Å². The van der Waals surface area contributed by atoms with E-state index in [0.29, 0.717) is 12.5 Å². The van der Waals surface area contributed by atoms with Gasteiger partial charge in [0.25, 0.3) is 0 Å². The summed E-state index contributed by atoms with van der Waals surface area (Å²) in [5, 5.41) is 12.7. The maximum absolute atomic E-state index is 9.75. The van der Waals surface area contributed by atoms with Crippen molar-refractivity contribution in [2.24, 2.45) is 0 Å². The fourth-order valence-electron chi connectivity index (χ4n) is 1.91. The van der Waals surface area contributed by atoms with E-state index in [2.05, 4.69) is 36.5 Å². The lowest BCUT2D eigenvalue weighted by Gasteiger charge is -2.19. The highest BCUT2D eigenvalue weighted by atomic mass is 16.3. The van der Waals surface area contributed by atoms with Crippen molar-refractivity contribution in [2.45, 2.75) is 31.8 Å². The first-order chi connectivity index (χ1) is 7.27. The predicted molar refractivity (Wildman–Crippen MR) is 64.0 cm³/mol. The van der Waals surface area contributed by atoms with E-state index in [4.69, 9.17) is 0 Å². The van der Waals surface area contributed by atoms with E-state index in [-0.39, 0.29) is 6.10 Å². The molecule has 0 spiro atoms. The second-order valence-electron chi connectivity index (χ2n) is 3.96.